The van der Waals surface area contributed by atoms with Crippen molar-refractivity contribution in [3.8, 4) is 11.5 Å². The number of hydrogen-bond acceptors (Lipinski definition) is 5. The SMILES string of the molecule is COc1ccccc1[C@H]1C2=C(N=c3s/c(=C/c4cc(Cl)ccc4O)c(=O)n31)c1ccccc1CC2. The van der Waals surface area contributed by atoms with Crippen LogP contribution in [0, 0.1) is 0 Å². The number of fused-ring (bicyclic) bond motifs is 3. The van der Waals surface area contributed by atoms with E-state index in [0.29, 0.717) is 19.9 Å². The van der Waals surface area contributed by atoms with E-state index < -0.39 is 0 Å². The molecule has 0 radical (unpaired) electrons. The fraction of sp³-hybridized carbons (Fsp3) is 0.143. The molecule has 4 aromatic rings. The molecule has 1 N–H and O–H groups in total. The minimum Gasteiger partial charge on any atom is -0.507 e. The Balaban J connectivity index is 1.66. The Kier molecular flexibility index (Phi) is 5.35. The summed E-state index contributed by atoms with van der Waals surface area (Å²) in [4.78, 5) is 19.5. The Morgan fingerprint density at radius 2 is 1.91 bits per heavy atom. The van der Waals surface area contributed by atoms with E-state index in [-0.39, 0.29) is 17.4 Å². The minimum atomic E-state index is -0.333. The van der Waals surface area contributed by atoms with Crippen LogP contribution in [0.1, 0.15) is 34.7 Å². The quantitative estimate of drug-likeness (QED) is 0.444. The van der Waals surface area contributed by atoms with Gasteiger partial charge in [-0.05, 0) is 54.3 Å². The summed E-state index contributed by atoms with van der Waals surface area (Å²) in [5.74, 6) is 0.793. The van der Waals surface area contributed by atoms with Gasteiger partial charge < -0.3 is 9.84 Å². The number of methoxy groups -OCH3 is 1. The predicted molar refractivity (Wildman–Crippen MR) is 139 cm³/mol. The molecule has 2 aliphatic rings. The van der Waals surface area contributed by atoms with E-state index in [2.05, 4.69) is 18.2 Å². The lowest BCUT2D eigenvalue weighted by atomic mass is 9.83. The van der Waals surface area contributed by atoms with Gasteiger partial charge in [-0.15, -0.1) is 0 Å². The Labute approximate surface area is 210 Å². The highest BCUT2D eigenvalue weighted by molar-refractivity contribution is 7.07. The number of phenolic OH excluding ortho intramolecular Hbond substituents is 1. The number of para-hydroxylation sites is 1. The zero-order valence-corrected chi connectivity index (χ0v) is 20.4. The molecule has 0 fully saturated rings. The third-order valence-corrected chi connectivity index (χ3v) is 7.80. The second-order valence-corrected chi connectivity index (χ2v) is 10.0. The molecular weight excluding hydrogens is 480 g/mol. The third-order valence-electron chi connectivity index (χ3n) is 6.58. The van der Waals surface area contributed by atoms with Crippen LogP contribution in [-0.4, -0.2) is 16.8 Å². The highest BCUT2D eigenvalue weighted by Gasteiger charge is 2.33. The molecule has 0 bridgehead atoms. The van der Waals surface area contributed by atoms with Crippen molar-refractivity contribution in [1.29, 1.82) is 0 Å². The van der Waals surface area contributed by atoms with Gasteiger partial charge in [-0.2, -0.15) is 0 Å². The van der Waals surface area contributed by atoms with Gasteiger partial charge in [0, 0.05) is 21.7 Å². The Morgan fingerprint density at radius 1 is 1.11 bits per heavy atom. The van der Waals surface area contributed by atoms with Gasteiger partial charge >= 0.3 is 0 Å². The zero-order chi connectivity index (χ0) is 24.1. The van der Waals surface area contributed by atoms with E-state index in [1.165, 1.54) is 23.0 Å². The van der Waals surface area contributed by atoms with Crippen LogP contribution in [0.4, 0.5) is 0 Å². The van der Waals surface area contributed by atoms with Gasteiger partial charge in [0.25, 0.3) is 5.56 Å². The smallest absolute Gasteiger partial charge is 0.271 e. The normalized spacial score (nSPS) is 16.9. The summed E-state index contributed by atoms with van der Waals surface area (Å²) in [6.45, 7) is 0. The van der Waals surface area contributed by atoms with Crippen molar-refractivity contribution in [1.82, 2.24) is 4.57 Å². The molecule has 0 amide bonds. The van der Waals surface area contributed by atoms with Crippen molar-refractivity contribution in [2.24, 2.45) is 4.99 Å². The average Bonchev–Trinajstić information content (AvgIpc) is 3.19. The first-order valence-corrected chi connectivity index (χ1v) is 12.5. The number of aromatic nitrogens is 1. The van der Waals surface area contributed by atoms with Crippen molar-refractivity contribution in [3.05, 3.63) is 119 Å². The second kappa shape index (κ2) is 8.56. The van der Waals surface area contributed by atoms with Crippen LogP contribution in [0.15, 0.2) is 82.1 Å². The van der Waals surface area contributed by atoms with E-state index >= 15 is 0 Å². The fourth-order valence-electron chi connectivity index (χ4n) is 4.97. The summed E-state index contributed by atoms with van der Waals surface area (Å²) >= 11 is 7.45. The van der Waals surface area contributed by atoms with Crippen molar-refractivity contribution < 1.29 is 9.84 Å². The lowest BCUT2D eigenvalue weighted by molar-refractivity contribution is 0.402. The molecule has 1 atom stereocenters. The van der Waals surface area contributed by atoms with Crippen LogP contribution in [0.3, 0.4) is 0 Å². The predicted octanol–water partition coefficient (Wildman–Crippen LogP) is 4.69. The lowest BCUT2D eigenvalue weighted by Crippen LogP contribution is -2.39. The molecule has 0 saturated heterocycles. The monoisotopic (exact) mass is 500 g/mol. The van der Waals surface area contributed by atoms with Crippen LogP contribution in [0.25, 0.3) is 11.8 Å². The van der Waals surface area contributed by atoms with Gasteiger partial charge in [0.1, 0.15) is 11.5 Å². The molecule has 5 nitrogen and oxygen atoms in total. The number of phenols is 1. The van der Waals surface area contributed by atoms with Crippen molar-refractivity contribution in [2.45, 2.75) is 18.9 Å². The first-order chi connectivity index (χ1) is 17.0. The summed E-state index contributed by atoms with van der Waals surface area (Å²) < 4.78 is 7.96. The number of ether oxygens (including phenoxy) is 1. The molecule has 2 heterocycles. The molecule has 3 aromatic carbocycles. The van der Waals surface area contributed by atoms with Crippen molar-refractivity contribution in [3.63, 3.8) is 0 Å². The first kappa shape index (κ1) is 21.9. The summed E-state index contributed by atoms with van der Waals surface area (Å²) in [5, 5.41) is 10.8. The van der Waals surface area contributed by atoms with E-state index in [0.717, 1.165) is 41.0 Å². The maximum atomic E-state index is 13.8. The number of aromatic hydroxyl groups is 1. The van der Waals surface area contributed by atoms with Gasteiger partial charge in [0.2, 0.25) is 0 Å². The number of hydrogen-bond donors (Lipinski definition) is 1. The topological polar surface area (TPSA) is 63.8 Å². The maximum Gasteiger partial charge on any atom is 0.271 e. The van der Waals surface area contributed by atoms with E-state index in [4.69, 9.17) is 21.3 Å². The molecule has 1 aliphatic heterocycles. The molecule has 7 heteroatoms. The Morgan fingerprint density at radius 3 is 2.77 bits per heavy atom. The first-order valence-electron chi connectivity index (χ1n) is 11.3. The van der Waals surface area contributed by atoms with Gasteiger partial charge in [-0.25, -0.2) is 4.99 Å². The van der Waals surface area contributed by atoms with Gasteiger partial charge in [0.05, 0.1) is 23.4 Å². The van der Waals surface area contributed by atoms with E-state index in [1.54, 1.807) is 29.9 Å². The number of aryl methyl sites for hydroxylation is 1. The van der Waals surface area contributed by atoms with Gasteiger partial charge in [-0.1, -0.05) is 65.4 Å². The van der Waals surface area contributed by atoms with Crippen molar-refractivity contribution >= 4 is 34.7 Å². The van der Waals surface area contributed by atoms with Crippen LogP contribution in [0.5, 0.6) is 11.5 Å². The molecule has 0 unspecified atom stereocenters. The van der Waals surface area contributed by atoms with E-state index in [1.807, 2.05) is 30.3 Å². The molecule has 6 rings (SSSR count). The molecule has 174 valence electrons. The molecule has 1 aliphatic carbocycles. The Hall–Kier alpha value is -3.61. The summed E-state index contributed by atoms with van der Waals surface area (Å²) in [5.41, 5.74) is 5.67. The molecule has 0 spiro atoms. The number of benzene rings is 3. The number of allylic oxidation sites excluding steroid dienone is 1. The average molecular weight is 501 g/mol. The number of nitrogens with zero attached hydrogens (tertiary/aromatic N) is 2. The Bertz CT molecular complexity index is 1700. The maximum absolute atomic E-state index is 13.8. The highest BCUT2D eigenvalue weighted by Crippen LogP contribution is 2.43. The zero-order valence-electron chi connectivity index (χ0n) is 18.9. The number of thiazole rings is 1. The van der Waals surface area contributed by atoms with E-state index in [9.17, 15) is 9.90 Å². The second-order valence-electron chi connectivity index (χ2n) is 8.56. The van der Waals surface area contributed by atoms with Crippen LogP contribution >= 0.6 is 22.9 Å². The van der Waals surface area contributed by atoms with Crippen LogP contribution in [0.2, 0.25) is 5.02 Å². The minimum absolute atomic E-state index is 0.0646. The highest BCUT2D eigenvalue weighted by atomic mass is 35.5. The summed E-state index contributed by atoms with van der Waals surface area (Å²) in [7, 11) is 1.65. The van der Waals surface area contributed by atoms with Gasteiger partial charge in [-0.3, -0.25) is 9.36 Å². The standard InChI is InChI=1S/C28H21ClN2O3S/c1-34-23-9-5-4-8-20(23)26-21-12-10-16-6-2-3-7-19(16)25(21)30-28-31(26)27(33)24(35-28)15-17-14-18(29)11-13-22(17)32/h2-9,11,13-15,26,32H,10,12H2,1H3/b24-15+/t26-/m0/s1. The number of rotatable bonds is 3. The largest absolute Gasteiger partial charge is 0.507 e. The fourth-order valence-corrected chi connectivity index (χ4v) is 6.15. The number of halogens is 1. The lowest BCUT2D eigenvalue weighted by Gasteiger charge is -2.31. The molecular formula is C28H21ClN2O3S. The summed E-state index contributed by atoms with van der Waals surface area (Å²) in [6.07, 6.45) is 3.37. The molecule has 1 aromatic heterocycles. The van der Waals surface area contributed by atoms with Crippen molar-refractivity contribution in [2.75, 3.05) is 7.11 Å². The van der Waals surface area contributed by atoms with Crippen LogP contribution < -0.4 is 19.6 Å². The summed E-state index contributed by atoms with van der Waals surface area (Å²) in [6, 6.07) is 20.6. The third kappa shape index (κ3) is 3.61. The van der Waals surface area contributed by atoms with Crippen LogP contribution in [-0.2, 0) is 6.42 Å². The molecule has 0 saturated carbocycles. The molecule has 35 heavy (non-hydrogen) atoms. The van der Waals surface area contributed by atoms with Gasteiger partial charge in [0.15, 0.2) is 4.80 Å².